The zero-order chi connectivity index (χ0) is 13.2. The quantitative estimate of drug-likeness (QED) is 0.872. The number of aromatic nitrogens is 2. The van der Waals surface area contributed by atoms with Gasteiger partial charge >= 0.3 is 0 Å². The number of ether oxygens (including phenoxy) is 2. The smallest absolute Gasteiger partial charge is 0.163 e. The van der Waals surface area contributed by atoms with Crippen LogP contribution in [0.4, 0.5) is 11.5 Å². The number of nitrogens with one attached hydrogen (secondary N) is 1. The minimum absolute atomic E-state index is 0.505. The van der Waals surface area contributed by atoms with Crippen LogP contribution in [0.2, 0.25) is 0 Å². The van der Waals surface area contributed by atoms with Gasteiger partial charge in [0.05, 0.1) is 12.2 Å². The van der Waals surface area contributed by atoms with Gasteiger partial charge in [-0.25, -0.2) is 0 Å². The predicted molar refractivity (Wildman–Crippen MR) is 72.5 cm³/mol. The molecule has 3 rings (SSSR count). The first-order valence-corrected chi connectivity index (χ1v) is 6.13. The highest BCUT2D eigenvalue weighted by atomic mass is 16.6. The molecule has 2 heterocycles. The summed E-state index contributed by atoms with van der Waals surface area (Å²) in [6, 6.07) is 7.75. The molecule has 3 N–H and O–H groups in total. The molecule has 6 nitrogen and oxygen atoms in total. The summed E-state index contributed by atoms with van der Waals surface area (Å²) < 4.78 is 11.1. The summed E-state index contributed by atoms with van der Waals surface area (Å²) >= 11 is 0. The van der Waals surface area contributed by atoms with Crippen LogP contribution in [0.3, 0.4) is 0 Å². The van der Waals surface area contributed by atoms with Crippen molar-refractivity contribution in [3.63, 3.8) is 0 Å². The highest BCUT2D eigenvalue weighted by molar-refractivity contribution is 5.56. The Labute approximate surface area is 111 Å². The Kier molecular flexibility index (Phi) is 2.91. The molecule has 0 saturated heterocycles. The average molecular weight is 260 g/mol. The molecule has 1 aliphatic rings. The Hall–Kier alpha value is -2.37. The largest absolute Gasteiger partial charge is 0.486 e. The van der Waals surface area contributed by atoms with Crippen LogP contribution in [0.5, 0.6) is 11.5 Å². The van der Waals surface area contributed by atoms with Gasteiger partial charge in [0.15, 0.2) is 11.5 Å². The summed E-state index contributed by atoms with van der Waals surface area (Å²) in [6.45, 7) is 1.90. The third kappa shape index (κ3) is 2.42. The summed E-state index contributed by atoms with van der Waals surface area (Å²) in [5.41, 5.74) is 7.61. The molecule has 0 fully saturated rings. The van der Waals surface area contributed by atoms with Crippen LogP contribution in [0.25, 0.3) is 0 Å². The monoisotopic (exact) mass is 260 g/mol. The summed E-state index contributed by atoms with van der Waals surface area (Å²) in [5.74, 6) is 2.10. The van der Waals surface area contributed by atoms with Gasteiger partial charge < -0.3 is 20.1 Å². The van der Waals surface area contributed by atoms with E-state index in [1.807, 2.05) is 31.3 Å². The number of H-pyrrole nitrogens is 1. The molecule has 0 atom stereocenters. The lowest BCUT2D eigenvalue weighted by Crippen LogP contribution is -2.19. The van der Waals surface area contributed by atoms with Gasteiger partial charge in [0.2, 0.25) is 0 Å². The Morgan fingerprint density at radius 2 is 2.05 bits per heavy atom. The van der Waals surface area contributed by atoms with E-state index in [4.69, 9.17) is 15.2 Å². The molecule has 0 spiro atoms. The highest BCUT2D eigenvalue weighted by Crippen LogP contribution is 2.33. The highest BCUT2D eigenvalue weighted by Gasteiger charge is 2.13. The van der Waals surface area contributed by atoms with Gasteiger partial charge in [-0.2, -0.15) is 5.10 Å². The second-order valence-corrected chi connectivity index (χ2v) is 4.50. The minimum Gasteiger partial charge on any atom is -0.486 e. The molecule has 0 radical (unpaired) electrons. The van der Waals surface area contributed by atoms with Gasteiger partial charge in [-0.1, -0.05) is 0 Å². The summed E-state index contributed by atoms with van der Waals surface area (Å²) in [5, 5.41) is 6.81. The summed E-state index contributed by atoms with van der Waals surface area (Å²) in [6.07, 6.45) is 0. The molecule has 1 aromatic carbocycles. The van der Waals surface area contributed by atoms with Crippen molar-refractivity contribution >= 4 is 11.5 Å². The minimum atomic E-state index is 0.505. The number of hydrogen-bond donors (Lipinski definition) is 2. The first-order chi connectivity index (χ1) is 9.22. The summed E-state index contributed by atoms with van der Waals surface area (Å²) in [7, 11) is 2.00. The van der Waals surface area contributed by atoms with Crippen molar-refractivity contribution in [3.8, 4) is 11.5 Å². The molecule has 6 heteroatoms. The molecular weight excluding hydrogens is 244 g/mol. The number of nitrogens with zero attached hydrogens (tertiary/aromatic N) is 2. The average Bonchev–Trinajstić information content (AvgIpc) is 2.83. The van der Waals surface area contributed by atoms with Crippen LogP contribution in [-0.2, 0) is 6.54 Å². The first-order valence-electron chi connectivity index (χ1n) is 6.13. The van der Waals surface area contributed by atoms with Crippen LogP contribution < -0.4 is 20.1 Å². The zero-order valence-electron chi connectivity index (χ0n) is 10.7. The SMILES string of the molecule is CN(Cc1cc(N)n[nH]1)c1ccc2c(c1)OCCO2. The zero-order valence-corrected chi connectivity index (χ0v) is 10.7. The first kappa shape index (κ1) is 11.7. The van der Waals surface area contributed by atoms with Crippen molar-refractivity contribution in [2.45, 2.75) is 6.54 Å². The maximum atomic E-state index is 5.59. The van der Waals surface area contributed by atoms with Crippen molar-refractivity contribution in [2.24, 2.45) is 0 Å². The fraction of sp³-hybridized carbons (Fsp3) is 0.308. The number of anilines is 2. The van der Waals surface area contributed by atoms with Crippen molar-refractivity contribution in [1.29, 1.82) is 0 Å². The molecule has 1 aliphatic heterocycles. The molecular formula is C13H16N4O2. The van der Waals surface area contributed by atoms with Gasteiger partial charge in [0.25, 0.3) is 0 Å². The van der Waals surface area contributed by atoms with Crippen molar-refractivity contribution in [3.05, 3.63) is 30.0 Å². The number of fused-ring (bicyclic) bond motifs is 1. The number of rotatable bonds is 3. The van der Waals surface area contributed by atoms with Gasteiger partial charge in [-0.3, -0.25) is 5.10 Å². The van der Waals surface area contributed by atoms with E-state index in [1.165, 1.54) is 0 Å². The standard InChI is InChI=1S/C13H16N4O2/c1-17(8-9-6-13(14)16-15-9)10-2-3-11-12(7-10)19-5-4-18-11/h2-3,6-7H,4-5,8H2,1H3,(H3,14,15,16). The fourth-order valence-corrected chi connectivity index (χ4v) is 2.08. The molecule has 19 heavy (non-hydrogen) atoms. The van der Waals surface area contributed by atoms with E-state index in [0.29, 0.717) is 25.6 Å². The Morgan fingerprint density at radius 3 is 2.79 bits per heavy atom. The van der Waals surface area contributed by atoms with E-state index in [-0.39, 0.29) is 0 Å². The summed E-state index contributed by atoms with van der Waals surface area (Å²) in [4.78, 5) is 2.09. The third-order valence-corrected chi connectivity index (χ3v) is 3.02. The normalized spacial score (nSPS) is 13.3. The van der Waals surface area contributed by atoms with E-state index < -0.39 is 0 Å². The molecule has 0 aliphatic carbocycles. The van der Waals surface area contributed by atoms with E-state index in [2.05, 4.69) is 15.1 Å². The molecule has 100 valence electrons. The molecule has 1 aromatic heterocycles. The maximum Gasteiger partial charge on any atom is 0.163 e. The van der Waals surface area contributed by atoms with Gasteiger partial charge in [-0.05, 0) is 12.1 Å². The van der Waals surface area contributed by atoms with E-state index >= 15 is 0 Å². The Morgan fingerprint density at radius 1 is 1.26 bits per heavy atom. The third-order valence-electron chi connectivity index (χ3n) is 3.02. The number of nitrogen functional groups attached to an aromatic ring is 1. The molecule has 0 bridgehead atoms. The second kappa shape index (κ2) is 4.72. The van der Waals surface area contributed by atoms with E-state index in [0.717, 1.165) is 22.9 Å². The Balaban J connectivity index is 1.77. The number of aromatic amines is 1. The number of benzene rings is 1. The lowest BCUT2D eigenvalue weighted by Gasteiger charge is -2.23. The van der Waals surface area contributed by atoms with Crippen LogP contribution in [0.15, 0.2) is 24.3 Å². The van der Waals surface area contributed by atoms with Crippen LogP contribution in [-0.4, -0.2) is 30.5 Å². The van der Waals surface area contributed by atoms with Gasteiger partial charge in [0.1, 0.15) is 19.0 Å². The van der Waals surface area contributed by atoms with Gasteiger partial charge in [0, 0.05) is 24.9 Å². The molecule has 2 aromatic rings. The number of nitrogens with two attached hydrogens (primary N) is 1. The van der Waals surface area contributed by atoms with Crippen LogP contribution >= 0.6 is 0 Å². The predicted octanol–water partition coefficient (Wildman–Crippen LogP) is 1.40. The number of hydrogen-bond acceptors (Lipinski definition) is 5. The maximum absolute atomic E-state index is 5.59. The molecule has 0 unspecified atom stereocenters. The van der Waals surface area contributed by atoms with Crippen molar-refractivity contribution < 1.29 is 9.47 Å². The second-order valence-electron chi connectivity index (χ2n) is 4.50. The molecule has 0 saturated carbocycles. The fourth-order valence-electron chi connectivity index (χ4n) is 2.08. The van der Waals surface area contributed by atoms with E-state index in [1.54, 1.807) is 0 Å². The Bertz CT molecular complexity index is 582. The topological polar surface area (TPSA) is 76.4 Å². The van der Waals surface area contributed by atoms with Crippen LogP contribution in [0, 0.1) is 0 Å². The lowest BCUT2D eigenvalue weighted by molar-refractivity contribution is 0.171. The van der Waals surface area contributed by atoms with Crippen LogP contribution in [0.1, 0.15) is 5.69 Å². The van der Waals surface area contributed by atoms with Crippen molar-refractivity contribution in [1.82, 2.24) is 10.2 Å². The van der Waals surface area contributed by atoms with Crippen molar-refractivity contribution in [2.75, 3.05) is 30.9 Å². The van der Waals surface area contributed by atoms with Gasteiger partial charge in [-0.15, -0.1) is 0 Å². The molecule has 0 amide bonds. The van der Waals surface area contributed by atoms with E-state index in [9.17, 15) is 0 Å². The lowest BCUT2D eigenvalue weighted by atomic mass is 10.2.